The minimum Gasteiger partial charge on any atom is -0.349 e. The first-order valence-corrected chi connectivity index (χ1v) is 8.49. The zero-order valence-electron chi connectivity index (χ0n) is 13.1. The lowest BCUT2D eigenvalue weighted by Gasteiger charge is -2.26. The van der Waals surface area contributed by atoms with E-state index in [1.807, 2.05) is 7.05 Å². The Balaban J connectivity index is 1.48. The standard InChI is InChI=1S/C17H20N4OS/c1-21-14(19-20-16(21)23)10-18-15(22)13-9-17(13)8-4-6-11-5-2-3-7-12(11)17/h2-3,5,7,13H,4,6,8-10H2,1H3,(H,18,22)(H,20,23)/t13-,17+/m1/s1. The van der Waals surface area contributed by atoms with E-state index in [2.05, 4.69) is 39.8 Å². The normalized spacial score (nSPS) is 25.2. The number of hydrogen-bond donors (Lipinski definition) is 2. The Morgan fingerprint density at radius 3 is 3.13 bits per heavy atom. The molecular weight excluding hydrogens is 308 g/mol. The fraction of sp³-hybridized carbons (Fsp3) is 0.471. The summed E-state index contributed by atoms with van der Waals surface area (Å²) in [6, 6.07) is 8.60. The summed E-state index contributed by atoms with van der Waals surface area (Å²) in [5, 5.41) is 9.91. The number of aromatic nitrogens is 3. The van der Waals surface area contributed by atoms with Crippen LogP contribution in [-0.2, 0) is 30.2 Å². The maximum atomic E-state index is 12.6. The van der Waals surface area contributed by atoms with E-state index in [1.54, 1.807) is 4.57 Å². The van der Waals surface area contributed by atoms with Crippen LogP contribution < -0.4 is 5.32 Å². The van der Waals surface area contributed by atoms with Crippen LogP contribution in [0.15, 0.2) is 24.3 Å². The molecular formula is C17H20N4OS. The number of hydrogen-bond acceptors (Lipinski definition) is 3. The van der Waals surface area contributed by atoms with E-state index in [0.29, 0.717) is 11.3 Å². The van der Waals surface area contributed by atoms with E-state index in [0.717, 1.165) is 25.1 Å². The zero-order valence-corrected chi connectivity index (χ0v) is 13.9. The van der Waals surface area contributed by atoms with Crippen LogP contribution in [0.1, 0.15) is 36.2 Å². The molecule has 1 saturated carbocycles. The molecule has 1 aromatic heterocycles. The summed E-state index contributed by atoms with van der Waals surface area (Å²) in [4.78, 5) is 12.6. The van der Waals surface area contributed by atoms with E-state index < -0.39 is 0 Å². The predicted molar refractivity (Wildman–Crippen MR) is 89.4 cm³/mol. The molecule has 6 heteroatoms. The van der Waals surface area contributed by atoms with E-state index in [9.17, 15) is 4.79 Å². The van der Waals surface area contributed by atoms with Crippen molar-refractivity contribution >= 4 is 18.1 Å². The fourth-order valence-electron chi connectivity index (χ4n) is 4.00. The first kappa shape index (κ1) is 14.6. The molecule has 2 N–H and O–H groups in total. The highest BCUT2D eigenvalue weighted by Crippen LogP contribution is 2.60. The molecule has 1 heterocycles. The number of aromatic amines is 1. The topological polar surface area (TPSA) is 62.7 Å². The Hall–Kier alpha value is -1.95. The number of nitrogens with zero attached hydrogens (tertiary/aromatic N) is 2. The van der Waals surface area contributed by atoms with Gasteiger partial charge in [0.25, 0.3) is 0 Å². The van der Waals surface area contributed by atoms with Crippen LogP contribution in [0, 0.1) is 10.7 Å². The van der Waals surface area contributed by atoms with Crippen molar-refractivity contribution in [1.82, 2.24) is 20.1 Å². The highest BCUT2D eigenvalue weighted by Gasteiger charge is 2.59. The summed E-state index contributed by atoms with van der Waals surface area (Å²) >= 11 is 5.09. The number of amides is 1. The smallest absolute Gasteiger partial charge is 0.224 e. The third kappa shape index (κ3) is 2.32. The number of carbonyl (C=O) groups excluding carboxylic acids is 1. The van der Waals surface area contributed by atoms with Gasteiger partial charge in [-0.05, 0) is 49.0 Å². The van der Waals surface area contributed by atoms with Gasteiger partial charge in [-0.15, -0.1) is 0 Å². The van der Waals surface area contributed by atoms with Gasteiger partial charge in [0, 0.05) is 18.4 Å². The van der Waals surface area contributed by atoms with Gasteiger partial charge in [-0.25, -0.2) is 0 Å². The maximum Gasteiger partial charge on any atom is 0.224 e. The van der Waals surface area contributed by atoms with Gasteiger partial charge in [0.2, 0.25) is 5.91 Å². The average molecular weight is 328 g/mol. The molecule has 1 amide bonds. The largest absolute Gasteiger partial charge is 0.349 e. The number of nitrogens with one attached hydrogen (secondary N) is 2. The maximum absolute atomic E-state index is 12.6. The molecule has 1 fully saturated rings. The second-order valence-electron chi connectivity index (χ2n) is 6.65. The third-order valence-corrected chi connectivity index (χ3v) is 5.77. The molecule has 23 heavy (non-hydrogen) atoms. The fourth-order valence-corrected chi connectivity index (χ4v) is 4.15. The minimum atomic E-state index is 0.0792. The van der Waals surface area contributed by atoms with E-state index >= 15 is 0 Å². The van der Waals surface area contributed by atoms with Gasteiger partial charge in [0.1, 0.15) is 0 Å². The first-order valence-electron chi connectivity index (χ1n) is 8.08. The summed E-state index contributed by atoms with van der Waals surface area (Å²) < 4.78 is 2.35. The minimum absolute atomic E-state index is 0.0792. The number of rotatable bonds is 3. The van der Waals surface area contributed by atoms with Crippen molar-refractivity contribution in [3.05, 3.63) is 46.0 Å². The summed E-state index contributed by atoms with van der Waals surface area (Å²) in [5.74, 6) is 0.980. The SMILES string of the molecule is Cn1c(CNC(=O)[C@H]2C[C@]23CCCc2ccccc23)n[nH]c1=S. The highest BCUT2D eigenvalue weighted by atomic mass is 32.1. The molecule has 2 aliphatic rings. The monoisotopic (exact) mass is 328 g/mol. The molecule has 0 bridgehead atoms. The van der Waals surface area contributed by atoms with Gasteiger partial charge in [0.05, 0.1) is 6.54 Å². The number of benzene rings is 1. The van der Waals surface area contributed by atoms with Crippen molar-refractivity contribution in [2.24, 2.45) is 13.0 Å². The Bertz CT molecular complexity index is 824. The van der Waals surface area contributed by atoms with Crippen LogP contribution in [0.5, 0.6) is 0 Å². The second kappa shape index (κ2) is 5.30. The number of fused-ring (bicyclic) bond motifs is 2. The molecule has 0 saturated heterocycles. The van der Waals surface area contributed by atoms with Crippen molar-refractivity contribution in [3.8, 4) is 0 Å². The highest BCUT2D eigenvalue weighted by molar-refractivity contribution is 7.71. The zero-order chi connectivity index (χ0) is 16.0. The van der Waals surface area contributed by atoms with Gasteiger partial charge in [-0.2, -0.15) is 5.10 Å². The van der Waals surface area contributed by atoms with Crippen LogP contribution in [0.2, 0.25) is 0 Å². The van der Waals surface area contributed by atoms with Crippen molar-refractivity contribution in [1.29, 1.82) is 0 Å². The molecule has 4 rings (SSSR count). The molecule has 120 valence electrons. The van der Waals surface area contributed by atoms with Crippen molar-refractivity contribution in [2.75, 3.05) is 0 Å². The Kier molecular flexibility index (Phi) is 3.37. The average Bonchev–Trinajstić information content (AvgIpc) is 3.20. The summed E-state index contributed by atoms with van der Waals surface area (Å²) in [5.41, 5.74) is 2.89. The Morgan fingerprint density at radius 1 is 1.52 bits per heavy atom. The lowest BCUT2D eigenvalue weighted by Crippen LogP contribution is -2.30. The molecule has 2 aliphatic carbocycles. The molecule has 0 aliphatic heterocycles. The lowest BCUT2D eigenvalue weighted by atomic mass is 9.78. The van der Waals surface area contributed by atoms with Crippen molar-refractivity contribution in [2.45, 2.75) is 37.6 Å². The number of H-pyrrole nitrogens is 1. The van der Waals surface area contributed by atoms with Gasteiger partial charge in [-0.3, -0.25) is 9.89 Å². The van der Waals surface area contributed by atoms with Gasteiger partial charge in [-0.1, -0.05) is 24.3 Å². The molecule has 0 unspecified atom stereocenters. The van der Waals surface area contributed by atoms with Gasteiger partial charge < -0.3 is 9.88 Å². The summed E-state index contributed by atoms with van der Waals surface area (Å²) in [6.45, 7) is 0.413. The lowest BCUT2D eigenvalue weighted by molar-refractivity contribution is -0.123. The van der Waals surface area contributed by atoms with E-state index in [4.69, 9.17) is 12.2 Å². The third-order valence-electron chi connectivity index (χ3n) is 5.41. The molecule has 2 atom stereocenters. The Morgan fingerprint density at radius 2 is 2.35 bits per heavy atom. The van der Waals surface area contributed by atoms with Crippen LogP contribution >= 0.6 is 12.2 Å². The van der Waals surface area contributed by atoms with Gasteiger partial charge in [0.15, 0.2) is 10.6 Å². The predicted octanol–water partition coefficient (Wildman–Crippen LogP) is 2.39. The molecule has 5 nitrogen and oxygen atoms in total. The second-order valence-corrected chi connectivity index (χ2v) is 7.03. The number of aryl methyl sites for hydroxylation is 1. The van der Waals surface area contributed by atoms with Crippen molar-refractivity contribution < 1.29 is 4.79 Å². The van der Waals surface area contributed by atoms with Crippen LogP contribution in [0.3, 0.4) is 0 Å². The summed E-state index contributed by atoms with van der Waals surface area (Å²) in [7, 11) is 1.85. The van der Waals surface area contributed by atoms with Crippen LogP contribution in [0.4, 0.5) is 0 Å². The quantitative estimate of drug-likeness (QED) is 0.851. The Labute approximate surface area is 140 Å². The number of carbonyl (C=O) groups is 1. The van der Waals surface area contributed by atoms with Gasteiger partial charge >= 0.3 is 0 Å². The van der Waals surface area contributed by atoms with Crippen LogP contribution in [-0.4, -0.2) is 20.7 Å². The molecule has 1 aromatic carbocycles. The molecule has 2 aromatic rings. The molecule has 1 spiro atoms. The van der Waals surface area contributed by atoms with Crippen molar-refractivity contribution in [3.63, 3.8) is 0 Å². The molecule has 0 radical (unpaired) electrons. The first-order chi connectivity index (χ1) is 11.1. The van der Waals surface area contributed by atoms with Crippen LogP contribution in [0.25, 0.3) is 0 Å². The van der Waals surface area contributed by atoms with E-state index in [1.165, 1.54) is 17.5 Å². The summed E-state index contributed by atoms with van der Waals surface area (Å²) in [6.07, 6.45) is 4.40. The van der Waals surface area contributed by atoms with E-state index in [-0.39, 0.29) is 17.2 Å².